The Labute approximate surface area is 194 Å². The van der Waals surface area contributed by atoms with Gasteiger partial charge in [-0.25, -0.2) is 22.2 Å². The second kappa shape index (κ2) is 8.29. The van der Waals surface area contributed by atoms with Crippen LogP contribution in [-0.2, 0) is 10.0 Å². The quantitative estimate of drug-likeness (QED) is 0.276. The summed E-state index contributed by atoms with van der Waals surface area (Å²) in [5.41, 5.74) is -1.07. The Morgan fingerprint density at radius 3 is 2.72 bits per heavy atom. The molecule has 0 spiro atoms. The minimum absolute atomic E-state index is 0.00876. The summed E-state index contributed by atoms with van der Waals surface area (Å²) in [6.45, 7) is 0. The fourth-order valence-electron chi connectivity index (χ4n) is 3.08. The molecule has 0 saturated carbocycles. The van der Waals surface area contributed by atoms with Crippen molar-refractivity contribution in [2.75, 3.05) is 4.72 Å². The smallest absolute Gasteiger partial charge is 0.262 e. The van der Waals surface area contributed by atoms with Crippen molar-refractivity contribution in [3.8, 4) is 6.07 Å². The first kappa shape index (κ1) is 21.8. The van der Waals surface area contributed by atoms with Gasteiger partial charge in [0.1, 0.15) is 11.5 Å². The Morgan fingerprint density at radius 1 is 1.19 bits per heavy atom. The van der Waals surface area contributed by atoms with Crippen LogP contribution in [-0.4, -0.2) is 24.2 Å². The van der Waals surface area contributed by atoms with E-state index in [4.69, 9.17) is 5.26 Å². The molecule has 2 heterocycles. The normalized spacial score (nSPS) is 11.3. The molecule has 0 unspecified atom stereocenters. The molecule has 160 valence electrons. The van der Waals surface area contributed by atoms with E-state index < -0.39 is 38.7 Å². The first-order valence-electron chi connectivity index (χ1n) is 8.89. The van der Waals surface area contributed by atoms with Crippen molar-refractivity contribution in [1.29, 1.82) is 5.26 Å². The summed E-state index contributed by atoms with van der Waals surface area (Å²) in [4.78, 5) is 19.6. The average molecular weight is 564 g/mol. The molecular weight excluding hydrogens is 553 g/mol. The van der Waals surface area contributed by atoms with E-state index in [0.717, 1.165) is 18.2 Å². The van der Waals surface area contributed by atoms with E-state index in [0.29, 0.717) is 14.6 Å². The molecule has 0 aliphatic carbocycles. The van der Waals surface area contributed by atoms with Crippen LogP contribution in [0.25, 0.3) is 11.0 Å². The number of hydrogen-bond donors (Lipinski definition) is 2. The summed E-state index contributed by atoms with van der Waals surface area (Å²) in [5.74, 6) is -3.47. The standard InChI is InChI=1S/C21H11F2IN4O3S/c22-16-4-5-17(28-32(30,31)13-3-1-2-11(6-13)8-25)19(23)18(16)20(29)15-10-27-21-14(15)7-12(24)9-26-21/h1-7,9-10,28H,(H,26,27). The first-order chi connectivity index (χ1) is 15.2. The summed E-state index contributed by atoms with van der Waals surface area (Å²) in [7, 11) is -4.31. The largest absolute Gasteiger partial charge is 0.345 e. The molecule has 0 amide bonds. The number of nitriles is 1. The van der Waals surface area contributed by atoms with Crippen LogP contribution in [0, 0.1) is 26.5 Å². The van der Waals surface area contributed by atoms with E-state index in [1.807, 2.05) is 33.4 Å². The predicted octanol–water partition coefficient (Wildman–Crippen LogP) is 4.35. The molecule has 0 aliphatic heterocycles. The van der Waals surface area contributed by atoms with Gasteiger partial charge in [-0.15, -0.1) is 0 Å². The molecule has 0 aliphatic rings. The van der Waals surface area contributed by atoms with Gasteiger partial charge in [-0.1, -0.05) is 6.07 Å². The maximum Gasteiger partial charge on any atom is 0.262 e. The SMILES string of the molecule is N#Cc1cccc(S(=O)(=O)Nc2ccc(F)c(C(=O)c3c[nH]c4ncc(I)cc34)c2F)c1. The number of H-pyrrole nitrogens is 1. The van der Waals surface area contributed by atoms with Crippen molar-refractivity contribution in [1.82, 2.24) is 9.97 Å². The lowest BCUT2D eigenvalue weighted by Gasteiger charge is -2.12. The molecule has 7 nitrogen and oxygen atoms in total. The maximum absolute atomic E-state index is 15.2. The highest BCUT2D eigenvalue weighted by Crippen LogP contribution is 2.28. The van der Waals surface area contributed by atoms with Gasteiger partial charge in [0.2, 0.25) is 5.78 Å². The highest BCUT2D eigenvalue weighted by molar-refractivity contribution is 14.1. The summed E-state index contributed by atoms with van der Waals surface area (Å²) in [6.07, 6.45) is 2.85. The van der Waals surface area contributed by atoms with E-state index in [1.54, 1.807) is 12.3 Å². The summed E-state index contributed by atoms with van der Waals surface area (Å²) in [6, 6.07) is 10.2. The molecule has 2 aromatic heterocycles. The van der Waals surface area contributed by atoms with Gasteiger partial charge in [0.15, 0.2) is 5.82 Å². The number of ketones is 1. The van der Waals surface area contributed by atoms with Crippen LogP contribution in [0.5, 0.6) is 0 Å². The van der Waals surface area contributed by atoms with Crippen LogP contribution in [0.4, 0.5) is 14.5 Å². The Hall–Kier alpha value is -3.37. The predicted molar refractivity (Wildman–Crippen MR) is 121 cm³/mol. The lowest BCUT2D eigenvalue weighted by molar-refractivity contribution is 0.103. The highest BCUT2D eigenvalue weighted by atomic mass is 127. The number of nitrogens with one attached hydrogen (secondary N) is 2. The van der Waals surface area contributed by atoms with E-state index in [1.165, 1.54) is 24.4 Å². The van der Waals surface area contributed by atoms with Crippen LogP contribution in [0.1, 0.15) is 21.5 Å². The van der Waals surface area contributed by atoms with Gasteiger partial charge in [0, 0.05) is 26.9 Å². The van der Waals surface area contributed by atoms with Gasteiger partial charge in [-0.05, 0) is 59.0 Å². The van der Waals surface area contributed by atoms with Crippen molar-refractivity contribution < 1.29 is 22.0 Å². The first-order valence-corrected chi connectivity index (χ1v) is 11.5. The summed E-state index contributed by atoms with van der Waals surface area (Å²) >= 11 is 1.99. The number of nitrogens with zero attached hydrogens (tertiary/aromatic N) is 2. The molecular formula is C21H11F2IN4O3S. The van der Waals surface area contributed by atoms with Gasteiger partial charge >= 0.3 is 0 Å². The molecule has 11 heteroatoms. The minimum atomic E-state index is -4.31. The number of benzene rings is 2. The van der Waals surface area contributed by atoms with Gasteiger partial charge in [-0.3, -0.25) is 9.52 Å². The van der Waals surface area contributed by atoms with E-state index in [2.05, 4.69) is 9.97 Å². The Kier molecular flexibility index (Phi) is 5.66. The Morgan fingerprint density at radius 2 is 1.97 bits per heavy atom. The number of rotatable bonds is 5. The number of halogens is 3. The molecule has 2 N–H and O–H groups in total. The van der Waals surface area contributed by atoms with Gasteiger partial charge in [0.25, 0.3) is 10.0 Å². The monoisotopic (exact) mass is 564 g/mol. The topological polar surface area (TPSA) is 116 Å². The van der Waals surface area contributed by atoms with Crippen molar-refractivity contribution in [3.63, 3.8) is 0 Å². The summed E-state index contributed by atoms with van der Waals surface area (Å²) in [5, 5.41) is 9.34. The van der Waals surface area contributed by atoms with Gasteiger partial charge in [0.05, 0.1) is 27.8 Å². The number of carbonyl (C=O) groups is 1. The van der Waals surface area contributed by atoms with E-state index in [9.17, 15) is 17.6 Å². The third-order valence-electron chi connectivity index (χ3n) is 4.58. The number of carbonyl (C=O) groups excluding carboxylic acids is 1. The molecule has 2 aromatic carbocycles. The van der Waals surface area contributed by atoms with Gasteiger partial charge in [-0.2, -0.15) is 5.26 Å². The molecule has 0 saturated heterocycles. The Balaban J connectivity index is 1.77. The van der Waals surface area contributed by atoms with Crippen molar-refractivity contribution in [2.45, 2.75) is 4.90 Å². The number of aromatic nitrogens is 2. The zero-order valence-electron chi connectivity index (χ0n) is 15.9. The fraction of sp³-hybridized carbons (Fsp3) is 0. The third kappa shape index (κ3) is 3.94. The van der Waals surface area contributed by atoms with Crippen molar-refractivity contribution in [3.05, 3.63) is 86.8 Å². The number of aromatic amines is 1. The zero-order chi connectivity index (χ0) is 23.0. The molecule has 4 aromatic rings. The molecule has 32 heavy (non-hydrogen) atoms. The molecule has 0 radical (unpaired) electrons. The third-order valence-corrected chi connectivity index (χ3v) is 6.53. The molecule has 0 bridgehead atoms. The van der Waals surface area contributed by atoms with Crippen LogP contribution in [0.3, 0.4) is 0 Å². The van der Waals surface area contributed by atoms with Crippen LogP contribution in [0.15, 0.2) is 59.8 Å². The Bertz CT molecular complexity index is 1540. The second-order valence-corrected chi connectivity index (χ2v) is 9.54. The minimum Gasteiger partial charge on any atom is -0.345 e. The number of pyridine rings is 1. The zero-order valence-corrected chi connectivity index (χ0v) is 18.8. The lowest BCUT2D eigenvalue weighted by atomic mass is 10.0. The number of hydrogen-bond acceptors (Lipinski definition) is 5. The molecule has 4 rings (SSSR count). The van der Waals surface area contributed by atoms with E-state index >= 15 is 4.39 Å². The van der Waals surface area contributed by atoms with Crippen LogP contribution < -0.4 is 4.72 Å². The van der Waals surface area contributed by atoms with Crippen molar-refractivity contribution in [2.24, 2.45) is 0 Å². The second-order valence-electron chi connectivity index (χ2n) is 6.61. The van der Waals surface area contributed by atoms with Crippen molar-refractivity contribution >= 4 is 55.1 Å². The lowest BCUT2D eigenvalue weighted by Crippen LogP contribution is -2.16. The molecule has 0 atom stereocenters. The van der Waals surface area contributed by atoms with Crippen LogP contribution >= 0.6 is 22.6 Å². The average Bonchev–Trinajstić information content (AvgIpc) is 3.18. The number of sulfonamides is 1. The maximum atomic E-state index is 15.2. The number of fused-ring (bicyclic) bond motifs is 1. The molecule has 0 fully saturated rings. The fourth-order valence-corrected chi connectivity index (χ4v) is 4.63. The van der Waals surface area contributed by atoms with E-state index in [-0.39, 0.29) is 16.0 Å². The number of anilines is 1. The van der Waals surface area contributed by atoms with Crippen LogP contribution in [0.2, 0.25) is 0 Å². The highest BCUT2D eigenvalue weighted by Gasteiger charge is 2.26. The van der Waals surface area contributed by atoms with Gasteiger partial charge < -0.3 is 4.98 Å². The summed E-state index contributed by atoms with van der Waals surface area (Å²) < 4.78 is 57.7.